The Kier molecular flexibility index (Phi) is 1.89. The molecular weight excluding hydrogens is 136 g/mol. The predicted octanol–water partition coefficient (Wildman–Crippen LogP) is 1.72. The predicted molar refractivity (Wildman–Crippen MR) is 36.4 cm³/mol. The van der Waals surface area contributed by atoms with Gasteiger partial charge in [-0.15, -0.1) is 11.3 Å². The molecule has 0 radical (unpaired) electrons. The summed E-state index contributed by atoms with van der Waals surface area (Å²) < 4.78 is 0. The van der Waals surface area contributed by atoms with E-state index in [4.69, 9.17) is 0 Å². The molecule has 0 aliphatic carbocycles. The molecule has 0 fully saturated rings. The molecule has 0 amide bonds. The van der Waals surface area contributed by atoms with E-state index in [0.29, 0.717) is 0 Å². The summed E-state index contributed by atoms with van der Waals surface area (Å²) in [5, 5.41) is 5.41. The Morgan fingerprint density at radius 3 is 3.11 bits per heavy atom. The van der Waals surface area contributed by atoms with Crippen LogP contribution in [0.1, 0.15) is 10.7 Å². The summed E-state index contributed by atoms with van der Waals surface area (Å²) in [5.41, 5.74) is 0.957. The molecule has 9 heavy (non-hydrogen) atoms. The van der Waals surface area contributed by atoms with Crippen LogP contribution in [-0.2, 0) is 6.54 Å². The summed E-state index contributed by atoms with van der Waals surface area (Å²) in [6.07, 6.45) is 0. The van der Waals surface area contributed by atoms with Gasteiger partial charge in [-0.05, 0) is 6.92 Å². The molecule has 1 heterocycles. The summed E-state index contributed by atoms with van der Waals surface area (Å²) in [6.45, 7) is 2.10. The van der Waals surface area contributed by atoms with Crippen LogP contribution in [0.2, 0.25) is 0 Å². The Hall–Kier alpha value is -0.770. The van der Waals surface area contributed by atoms with Crippen LogP contribution in [0.5, 0.6) is 0 Å². The summed E-state index contributed by atoms with van der Waals surface area (Å²) >= 11 is 1.47. The van der Waals surface area contributed by atoms with Crippen LogP contribution in [0.25, 0.3) is 0 Å². The first-order valence-electron chi connectivity index (χ1n) is 2.53. The molecule has 0 N–H and O–H groups in total. The van der Waals surface area contributed by atoms with Crippen molar-refractivity contribution in [3.63, 3.8) is 0 Å². The average Bonchev–Trinajstić information content (AvgIpc) is 2.17. The zero-order valence-electron chi connectivity index (χ0n) is 5.00. The molecular formula is C5H6N2OS. The monoisotopic (exact) mass is 142 g/mol. The van der Waals surface area contributed by atoms with Gasteiger partial charge in [0, 0.05) is 11.1 Å². The van der Waals surface area contributed by atoms with Crippen LogP contribution in [0.15, 0.2) is 10.6 Å². The zero-order valence-corrected chi connectivity index (χ0v) is 5.81. The largest absolute Gasteiger partial charge is 0.244 e. The van der Waals surface area contributed by atoms with E-state index in [-0.39, 0.29) is 6.54 Å². The van der Waals surface area contributed by atoms with Crippen LogP contribution in [0.3, 0.4) is 0 Å². The standard InChI is InChI=1S/C5H6N2OS/c1-4-3-9-5(7-4)2-6-8/h3H,2H2,1H3. The van der Waals surface area contributed by atoms with Crippen LogP contribution < -0.4 is 0 Å². The highest BCUT2D eigenvalue weighted by atomic mass is 32.1. The number of hydrogen-bond donors (Lipinski definition) is 0. The highest BCUT2D eigenvalue weighted by Gasteiger charge is 1.95. The van der Waals surface area contributed by atoms with Gasteiger partial charge in [0.05, 0.1) is 0 Å². The van der Waals surface area contributed by atoms with Gasteiger partial charge in [0.2, 0.25) is 0 Å². The Labute approximate surface area is 56.7 Å². The number of aromatic nitrogens is 1. The fourth-order valence-electron chi connectivity index (χ4n) is 0.531. The van der Waals surface area contributed by atoms with Crippen molar-refractivity contribution in [1.29, 1.82) is 0 Å². The molecule has 0 aliphatic rings. The highest BCUT2D eigenvalue weighted by Crippen LogP contribution is 2.08. The molecule has 0 saturated carbocycles. The number of hydrogen-bond acceptors (Lipinski definition) is 4. The van der Waals surface area contributed by atoms with Crippen molar-refractivity contribution in [2.24, 2.45) is 5.18 Å². The van der Waals surface area contributed by atoms with E-state index in [1.54, 1.807) is 0 Å². The molecule has 0 unspecified atom stereocenters. The van der Waals surface area contributed by atoms with Crippen molar-refractivity contribution in [1.82, 2.24) is 4.98 Å². The molecule has 0 spiro atoms. The van der Waals surface area contributed by atoms with Crippen molar-refractivity contribution < 1.29 is 0 Å². The van der Waals surface area contributed by atoms with E-state index in [2.05, 4.69) is 10.2 Å². The van der Waals surface area contributed by atoms with Crippen molar-refractivity contribution in [3.8, 4) is 0 Å². The van der Waals surface area contributed by atoms with Gasteiger partial charge in [-0.2, -0.15) is 4.91 Å². The van der Waals surface area contributed by atoms with Gasteiger partial charge >= 0.3 is 0 Å². The lowest BCUT2D eigenvalue weighted by Gasteiger charge is -1.78. The van der Waals surface area contributed by atoms with Gasteiger partial charge < -0.3 is 0 Å². The number of aryl methyl sites for hydroxylation is 1. The van der Waals surface area contributed by atoms with Gasteiger partial charge in [-0.25, -0.2) is 4.98 Å². The van der Waals surface area contributed by atoms with Gasteiger partial charge in [-0.1, -0.05) is 5.18 Å². The SMILES string of the molecule is Cc1csc(CN=O)n1. The Bertz CT molecular complexity index is 208. The van der Waals surface area contributed by atoms with E-state index in [9.17, 15) is 4.91 Å². The smallest absolute Gasteiger partial charge is 0.133 e. The minimum atomic E-state index is 0.207. The van der Waals surface area contributed by atoms with Crippen molar-refractivity contribution in [3.05, 3.63) is 21.0 Å². The number of nitroso groups, excluding NO2 is 1. The second-order valence-electron chi connectivity index (χ2n) is 1.67. The quantitative estimate of drug-likeness (QED) is 0.590. The lowest BCUT2D eigenvalue weighted by atomic mass is 10.6. The van der Waals surface area contributed by atoms with E-state index >= 15 is 0 Å². The molecule has 3 nitrogen and oxygen atoms in total. The van der Waals surface area contributed by atoms with Gasteiger partial charge in [0.1, 0.15) is 11.6 Å². The molecule has 0 saturated heterocycles. The number of nitrogens with zero attached hydrogens (tertiary/aromatic N) is 2. The van der Waals surface area contributed by atoms with Gasteiger partial charge in [0.15, 0.2) is 0 Å². The van der Waals surface area contributed by atoms with Crippen LogP contribution in [0, 0.1) is 11.8 Å². The third-order valence-electron chi connectivity index (χ3n) is 0.866. The molecule has 0 aromatic carbocycles. The number of rotatable bonds is 2. The van der Waals surface area contributed by atoms with Crippen LogP contribution in [0.4, 0.5) is 0 Å². The molecule has 1 aromatic heterocycles. The maximum atomic E-state index is 9.70. The molecule has 0 bridgehead atoms. The Morgan fingerprint density at radius 2 is 2.67 bits per heavy atom. The lowest BCUT2D eigenvalue weighted by molar-refractivity contribution is 1.01. The maximum Gasteiger partial charge on any atom is 0.133 e. The first-order chi connectivity index (χ1) is 4.33. The Morgan fingerprint density at radius 1 is 1.89 bits per heavy atom. The van der Waals surface area contributed by atoms with E-state index < -0.39 is 0 Å². The van der Waals surface area contributed by atoms with Crippen LogP contribution >= 0.6 is 11.3 Å². The van der Waals surface area contributed by atoms with E-state index in [1.807, 2.05) is 12.3 Å². The van der Waals surface area contributed by atoms with Gasteiger partial charge in [0.25, 0.3) is 0 Å². The molecule has 1 aromatic rings. The number of thiazole rings is 1. The zero-order chi connectivity index (χ0) is 6.69. The van der Waals surface area contributed by atoms with E-state index in [1.165, 1.54) is 11.3 Å². The minimum absolute atomic E-state index is 0.207. The average molecular weight is 142 g/mol. The summed E-state index contributed by atoms with van der Waals surface area (Å²) in [7, 11) is 0. The second kappa shape index (κ2) is 2.68. The summed E-state index contributed by atoms with van der Waals surface area (Å²) in [4.78, 5) is 13.7. The fourth-order valence-corrected chi connectivity index (χ4v) is 1.21. The first kappa shape index (κ1) is 6.35. The third kappa shape index (κ3) is 1.57. The molecule has 0 aliphatic heterocycles. The first-order valence-corrected chi connectivity index (χ1v) is 3.41. The fraction of sp³-hybridized carbons (Fsp3) is 0.400. The summed E-state index contributed by atoms with van der Waals surface area (Å²) in [6, 6.07) is 0. The topological polar surface area (TPSA) is 42.3 Å². The van der Waals surface area contributed by atoms with E-state index in [0.717, 1.165) is 10.7 Å². The highest BCUT2D eigenvalue weighted by molar-refractivity contribution is 7.09. The normalized spacial score (nSPS) is 9.44. The maximum absolute atomic E-state index is 9.70. The molecule has 4 heteroatoms. The molecule has 0 atom stereocenters. The van der Waals surface area contributed by atoms with Crippen molar-refractivity contribution in [2.45, 2.75) is 13.5 Å². The van der Waals surface area contributed by atoms with Gasteiger partial charge in [-0.3, -0.25) is 0 Å². The molecule has 48 valence electrons. The Balaban J connectivity index is 2.72. The van der Waals surface area contributed by atoms with Crippen molar-refractivity contribution >= 4 is 11.3 Å². The second-order valence-corrected chi connectivity index (χ2v) is 2.61. The minimum Gasteiger partial charge on any atom is -0.244 e. The van der Waals surface area contributed by atoms with Crippen LogP contribution in [-0.4, -0.2) is 4.98 Å². The lowest BCUT2D eigenvalue weighted by Crippen LogP contribution is -1.76. The summed E-state index contributed by atoms with van der Waals surface area (Å²) in [5.74, 6) is 0. The molecule has 1 rings (SSSR count). The third-order valence-corrected chi connectivity index (χ3v) is 1.82. The van der Waals surface area contributed by atoms with Crippen molar-refractivity contribution in [2.75, 3.05) is 0 Å².